The van der Waals surface area contributed by atoms with Gasteiger partial charge in [0.2, 0.25) is 0 Å². The molecule has 5 nitrogen and oxygen atoms in total. The van der Waals surface area contributed by atoms with Gasteiger partial charge in [-0.15, -0.1) is 0 Å². The number of benzene rings is 2. The Morgan fingerprint density at radius 2 is 1.67 bits per heavy atom. The Balaban J connectivity index is 1.98. The summed E-state index contributed by atoms with van der Waals surface area (Å²) in [5, 5.41) is 3.53. The van der Waals surface area contributed by atoms with E-state index >= 15 is 0 Å². The third-order valence-corrected chi connectivity index (χ3v) is 4.12. The summed E-state index contributed by atoms with van der Waals surface area (Å²) in [5.41, 5.74) is 6.18. The van der Waals surface area contributed by atoms with E-state index in [1.807, 2.05) is 0 Å². The number of carbonyl (C=O) groups is 2. The molecule has 3 N–H and O–H groups in total. The van der Waals surface area contributed by atoms with E-state index in [1.54, 1.807) is 0 Å². The summed E-state index contributed by atoms with van der Waals surface area (Å²) in [4.78, 5) is 23.8. The highest BCUT2D eigenvalue weighted by Crippen LogP contribution is 2.32. The molecule has 0 heterocycles. The average Bonchev–Trinajstić information content (AvgIpc) is 2.50. The zero-order valence-electron chi connectivity index (χ0n) is 11.9. The van der Waals surface area contributed by atoms with E-state index in [1.165, 1.54) is 30.3 Å². The first-order valence-corrected chi connectivity index (χ1v) is 7.95. The molecule has 0 aliphatic carbocycles. The van der Waals surface area contributed by atoms with Crippen LogP contribution in [-0.4, -0.2) is 18.5 Å². The van der Waals surface area contributed by atoms with Crippen molar-refractivity contribution >= 4 is 69.7 Å². The summed E-state index contributed by atoms with van der Waals surface area (Å²) in [5.74, 6) is -1.35. The van der Waals surface area contributed by atoms with Gasteiger partial charge in [-0.25, -0.2) is 4.79 Å². The monoisotopic (exact) mass is 406 g/mol. The number of ether oxygens (including phenoxy) is 1. The lowest BCUT2D eigenvalue weighted by atomic mass is 10.2. The van der Waals surface area contributed by atoms with Crippen molar-refractivity contribution in [2.24, 2.45) is 0 Å². The summed E-state index contributed by atoms with van der Waals surface area (Å²) in [6.45, 7) is -0.530. The smallest absolute Gasteiger partial charge is 0.340 e. The number of hydrogen-bond donors (Lipinski definition) is 2. The zero-order chi connectivity index (χ0) is 17.9. The standard InChI is InChI=1S/C15H10Cl4N2O3/c16-7-1-2-8(12(20)3-7)15(23)24-6-14(22)21-13-5-10(18)9(17)4-11(13)19/h1-5H,6,20H2,(H,21,22). The van der Waals surface area contributed by atoms with E-state index in [0.29, 0.717) is 5.02 Å². The van der Waals surface area contributed by atoms with E-state index in [4.69, 9.17) is 56.9 Å². The molecule has 0 radical (unpaired) electrons. The molecule has 0 aliphatic rings. The van der Waals surface area contributed by atoms with Crippen LogP contribution in [-0.2, 0) is 9.53 Å². The second kappa shape index (κ2) is 7.94. The lowest BCUT2D eigenvalue weighted by molar-refractivity contribution is -0.119. The SMILES string of the molecule is Nc1cc(Cl)ccc1C(=O)OCC(=O)Nc1cc(Cl)c(Cl)cc1Cl. The van der Waals surface area contributed by atoms with Crippen LogP contribution in [0.1, 0.15) is 10.4 Å². The zero-order valence-corrected chi connectivity index (χ0v) is 14.9. The predicted molar refractivity (Wildman–Crippen MR) is 96.2 cm³/mol. The topological polar surface area (TPSA) is 81.4 Å². The van der Waals surface area contributed by atoms with Gasteiger partial charge in [0.1, 0.15) is 0 Å². The van der Waals surface area contributed by atoms with Crippen LogP contribution in [0.25, 0.3) is 0 Å². The van der Waals surface area contributed by atoms with Crippen LogP contribution < -0.4 is 11.1 Å². The van der Waals surface area contributed by atoms with Gasteiger partial charge in [-0.3, -0.25) is 4.79 Å². The van der Waals surface area contributed by atoms with E-state index in [2.05, 4.69) is 5.32 Å². The lowest BCUT2D eigenvalue weighted by Crippen LogP contribution is -2.21. The van der Waals surface area contributed by atoms with Crippen LogP contribution in [0.4, 0.5) is 11.4 Å². The van der Waals surface area contributed by atoms with Gasteiger partial charge < -0.3 is 15.8 Å². The molecule has 0 aromatic heterocycles. The number of halogens is 4. The predicted octanol–water partition coefficient (Wildman–Crippen LogP) is 4.68. The normalized spacial score (nSPS) is 10.3. The highest BCUT2D eigenvalue weighted by molar-refractivity contribution is 6.44. The quantitative estimate of drug-likeness (QED) is 0.438. The molecule has 0 unspecified atom stereocenters. The molecule has 0 atom stereocenters. The Morgan fingerprint density at radius 1 is 1.00 bits per heavy atom. The van der Waals surface area contributed by atoms with Gasteiger partial charge in [0.25, 0.3) is 5.91 Å². The van der Waals surface area contributed by atoms with Gasteiger partial charge in [-0.05, 0) is 30.3 Å². The molecular formula is C15H10Cl4N2O3. The molecule has 0 aliphatic heterocycles. The van der Waals surface area contributed by atoms with Crippen molar-refractivity contribution in [3.63, 3.8) is 0 Å². The van der Waals surface area contributed by atoms with E-state index < -0.39 is 18.5 Å². The summed E-state index contributed by atoms with van der Waals surface area (Å²) < 4.78 is 4.90. The highest BCUT2D eigenvalue weighted by atomic mass is 35.5. The van der Waals surface area contributed by atoms with Crippen LogP contribution in [0.3, 0.4) is 0 Å². The Hall–Kier alpha value is -1.66. The summed E-state index contributed by atoms with van der Waals surface area (Å²) in [6.07, 6.45) is 0. The Bertz CT molecular complexity index is 812. The van der Waals surface area contributed by atoms with Gasteiger partial charge in [-0.1, -0.05) is 46.4 Å². The van der Waals surface area contributed by atoms with Crippen LogP contribution in [0.2, 0.25) is 20.1 Å². The van der Waals surface area contributed by atoms with E-state index in [-0.39, 0.29) is 32.0 Å². The Labute approximate surface area is 157 Å². The van der Waals surface area contributed by atoms with Crippen molar-refractivity contribution in [3.05, 3.63) is 56.0 Å². The second-order valence-electron chi connectivity index (χ2n) is 4.60. The van der Waals surface area contributed by atoms with Gasteiger partial charge in [-0.2, -0.15) is 0 Å². The highest BCUT2D eigenvalue weighted by Gasteiger charge is 2.15. The van der Waals surface area contributed by atoms with E-state index in [0.717, 1.165) is 0 Å². The van der Waals surface area contributed by atoms with Crippen molar-refractivity contribution < 1.29 is 14.3 Å². The van der Waals surface area contributed by atoms with Crippen LogP contribution in [0.15, 0.2) is 30.3 Å². The molecule has 24 heavy (non-hydrogen) atoms. The van der Waals surface area contributed by atoms with Crippen LogP contribution >= 0.6 is 46.4 Å². The van der Waals surface area contributed by atoms with Gasteiger partial charge >= 0.3 is 5.97 Å². The minimum Gasteiger partial charge on any atom is -0.452 e. The molecule has 2 rings (SSSR count). The summed E-state index contributed by atoms with van der Waals surface area (Å²) in [7, 11) is 0. The molecular weight excluding hydrogens is 398 g/mol. The minimum atomic E-state index is -0.750. The van der Waals surface area contributed by atoms with Crippen molar-refractivity contribution in [1.29, 1.82) is 0 Å². The number of carbonyl (C=O) groups excluding carboxylic acids is 2. The van der Waals surface area contributed by atoms with Crippen molar-refractivity contribution in [2.75, 3.05) is 17.7 Å². The fourth-order valence-corrected chi connectivity index (χ4v) is 2.51. The number of hydrogen-bond acceptors (Lipinski definition) is 4. The maximum Gasteiger partial charge on any atom is 0.340 e. The summed E-state index contributed by atoms with van der Waals surface area (Å²) >= 11 is 23.3. The maximum absolute atomic E-state index is 11.9. The van der Waals surface area contributed by atoms with Crippen molar-refractivity contribution in [2.45, 2.75) is 0 Å². The van der Waals surface area contributed by atoms with Crippen molar-refractivity contribution in [1.82, 2.24) is 0 Å². The van der Waals surface area contributed by atoms with Gasteiger partial charge in [0, 0.05) is 10.7 Å². The Morgan fingerprint density at radius 3 is 2.33 bits per heavy atom. The van der Waals surface area contributed by atoms with Gasteiger partial charge in [0.05, 0.1) is 26.3 Å². The first-order chi connectivity index (χ1) is 11.3. The summed E-state index contributed by atoms with van der Waals surface area (Å²) in [6, 6.07) is 7.09. The third kappa shape index (κ3) is 4.68. The number of nitrogens with two attached hydrogens (primary N) is 1. The molecule has 0 spiro atoms. The first-order valence-electron chi connectivity index (χ1n) is 6.44. The lowest BCUT2D eigenvalue weighted by Gasteiger charge is -2.10. The molecule has 0 saturated heterocycles. The number of amides is 1. The molecule has 0 bridgehead atoms. The number of nitrogens with one attached hydrogen (secondary N) is 1. The maximum atomic E-state index is 11.9. The van der Waals surface area contributed by atoms with Gasteiger partial charge in [0.15, 0.2) is 6.61 Å². The number of esters is 1. The number of anilines is 2. The van der Waals surface area contributed by atoms with E-state index in [9.17, 15) is 9.59 Å². The molecule has 2 aromatic carbocycles. The molecule has 0 fully saturated rings. The largest absolute Gasteiger partial charge is 0.452 e. The molecule has 126 valence electrons. The third-order valence-electron chi connectivity index (χ3n) is 2.85. The molecule has 0 saturated carbocycles. The fourth-order valence-electron chi connectivity index (χ4n) is 1.73. The number of nitrogen functional groups attached to an aromatic ring is 1. The Kier molecular flexibility index (Phi) is 6.18. The van der Waals surface area contributed by atoms with Crippen LogP contribution in [0, 0.1) is 0 Å². The molecule has 1 amide bonds. The first kappa shape index (κ1) is 18.7. The number of rotatable bonds is 4. The average molecular weight is 408 g/mol. The van der Waals surface area contributed by atoms with Crippen molar-refractivity contribution in [3.8, 4) is 0 Å². The molecule has 2 aromatic rings. The fraction of sp³-hybridized carbons (Fsp3) is 0.0667. The minimum absolute atomic E-state index is 0.111. The molecule has 9 heteroatoms. The second-order valence-corrected chi connectivity index (χ2v) is 6.26. The van der Waals surface area contributed by atoms with Crippen LogP contribution in [0.5, 0.6) is 0 Å².